The molecule has 0 amide bonds. The summed E-state index contributed by atoms with van der Waals surface area (Å²) in [5.41, 5.74) is 0.865. The molecule has 1 aliphatic rings. The number of hydrogen-bond donors (Lipinski definition) is 1. The average Bonchev–Trinajstić information content (AvgIpc) is 3.04. The van der Waals surface area contributed by atoms with Crippen molar-refractivity contribution < 1.29 is 9.84 Å². The summed E-state index contributed by atoms with van der Waals surface area (Å²) in [7, 11) is 0. The maximum atomic E-state index is 11.1. The molecule has 0 spiro atoms. The Morgan fingerprint density at radius 2 is 2.00 bits per heavy atom. The Labute approximate surface area is 125 Å². The lowest BCUT2D eigenvalue weighted by Crippen LogP contribution is -2.40. The number of aliphatic hydroxyl groups is 1. The summed E-state index contributed by atoms with van der Waals surface area (Å²) >= 11 is 0. The van der Waals surface area contributed by atoms with Crippen molar-refractivity contribution >= 4 is 0 Å². The molecule has 1 aromatic carbocycles. The Kier molecular flexibility index (Phi) is 4.08. The zero-order chi connectivity index (χ0) is 14.7. The zero-order valence-electron chi connectivity index (χ0n) is 12.4. The first kappa shape index (κ1) is 14.3. The molecular formula is C17H22N2O2. The van der Waals surface area contributed by atoms with Gasteiger partial charge in [-0.15, -0.1) is 0 Å². The van der Waals surface area contributed by atoms with Crippen LogP contribution in [-0.4, -0.2) is 27.9 Å². The van der Waals surface area contributed by atoms with E-state index in [9.17, 15) is 5.11 Å². The largest absolute Gasteiger partial charge is 0.384 e. The fourth-order valence-electron chi connectivity index (χ4n) is 3.31. The van der Waals surface area contributed by atoms with E-state index in [2.05, 4.69) is 24.0 Å². The topological polar surface area (TPSA) is 47.3 Å². The van der Waals surface area contributed by atoms with Crippen LogP contribution in [-0.2, 0) is 16.7 Å². The van der Waals surface area contributed by atoms with Gasteiger partial charge in [0.15, 0.2) is 0 Å². The second-order valence-electron chi connectivity index (χ2n) is 5.61. The van der Waals surface area contributed by atoms with Crippen LogP contribution in [0.15, 0.2) is 42.7 Å². The van der Waals surface area contributed by atoms with Crippen molar-refractivity contribution in [3.8, 4) is 0 Å². The molecule has 112 valence electrons. The molecule has 3 rings (SSSR count). The summed E-state index contributed by atoms with van der Waals surface area (Å²) in [6, 6.07) is 10.3. The molecular weight excluding hydrogens is 264 g/mol. The van der Waals surface area contributed by atoms with Gasteiger partial charge in [0.05, 0.1) is 0 Å². The molecule has 21 heavy (non-hydrogen) atoms. The van der Waals surface area contributed by atoms with Gasteiger partial charge < -0.3 is 14.4 Å². The number of nitrogens with zero attached hydrogens (tertiary/aromatic N) is 2. The highest BCUT2D eigenvalue weighted by Crippen LogP contribution is 2.44. The van der Waals surface area contributed by atoms with E-state index in [1.54, 1.807) is 6.20 Å². The van der Waals surface area contributed by atoms with Gasteiger partial charge >= 0.3 is 0 Å². The summed E-state index contributed by atoms with van der Waals surface area (Å²) in [5, 5.41) is 11.1. The molecule has 4 heteroatoms. The Balaban J connectivity index is 2.03. The first-order valence-corrected chi connectivity index (χ1v) is 7.60. The van der Waals surface area contributed by atoms with Gasteiger partial charge in [-0.2, -0.15) is 0 Å². The van der Waals surface area contributed by atoms with E-state index in [1.165, 1.54) is 5.56 Å². The van der Waals surface area contributed by atoms with Crippen LogP contribution in [0.4, 0.5) is 0 Å². The number of aliphatic hydroxyl groups excluding tert-OH is 1. The van der Waals surface area contributed by atoms with Crippen molar-refractivity contribution in [3.63, 3.8) is 0 Å². The van der Waals surface area contributed by atoms with Crippen LogP contribution < -0.4 is 0 Å². The number of hydrogen-bond acceptors (Lipinski definition) is 3. The van der Waals surface area contributed by atoms with Crippen LogP contribution in [0.3, 0.4) is 0 Å². The van der Waals surface area contributed by atoms with E-state index in [0.717, 1.165) is 25.2 Å². The normalized spacial score (nSPS) is 19.3. The highest BCUT2D eigenvalue weighted by Gasteiger charge is 2.43. The number of imidazole rings is 1. The van der Waals surface area contributed by atoms with Crippen molar-refractivity contribution in [2.75, 3.05) is 13.2 Å². The lowest BCUT2D eigenvalue weighted by molar-refractivity contribution is -0.0217. The van der Waals surface area contributed by atoms with Crippen LogP contribution in [0.1, 0.15) is 37.3 Å². The quantitative estimate of drug-likeness (QED) is 0.940. The minimum absolute atomic E-state index is 0.308. The Morgan fingerprint density at radius 1 is 1.29 bits per heavy atom. The average molecular weight is 286 g/mol. The lowest BCUT2D eigenvalue weighted by atomic mass is 9.69. The third-order valence-corrected chi connectivity index (χ3v) is 4.59. The predicted molar refractivity (Wildman–Crippen MR) is 81.0 cm³/mol. The van der Waals surface area contributed by atoms with E-state index in [4.69, 9.17) is 4.74 Å². The molecule has 4 nitrogen and oxygen atoms in total. The van der Waals surface area contributed by atoms with Gasteiger partial charge in [-0.1, -0.05) is 30.3 Å². The van der Waals surface area contributed by atoms with E-state index in [0.29, 0.717) is 13.2 Å². The van der Waals surface area contributed by atoms with Crippen molar-refractivity contribution in [2.24, 2.45) is 0 Å². The minimum atomic E-state index is -0.612. The number of aromatic nitrogens is 2. The smallest absolute Gasteiger partial charge is 0.138 e. The molecule has 0 radical (unpaired) electrons. The summed E-state index contributed by atoms with van der Waals surface area (Å²) in [6.07, 6.45) is 4.71. The van der Waals surface area contributed by atoms with Gasteiger partial charge in [-0.3, -0.25) is 0 Å². The SMILES string of the molecule is CCn1ccnc1C(O)C1(c2ccccc2)CCOCC1. The zero-order valence-corrected chi connectivity index (χ0v) is 12.4. The van der Waals surface area contributed by atoms with Gasteiger partial charge in [0.2, 0.25) is 0 Å². The van der Waals surface area contributed by atoms with Crippen LogP contribution in [0, 0.1) is 0 Å². The molecule has 1 atom stereocenters. The van der Waals surface area contributed by atoms with E-state index in [1.807, 2.05) is 29.0 Å². The van der Waals surface area contributed by atoms with Crippen molar-refractivity contribution in [1.29, 1.82) is 0 Å². The summed E-state index contributed by atoms with van der Waals surface area (Å²) in [6.45, 7) is 4.24. The third-order valence-electron chi connectivity index (χ3n) is 4.59. The number of aryl methyl sites for hydroxylation is 1. The molecule has 0 saturated carbocycles. The summed E-state index contributed by atoms with van der Waals surface area (Å²) in [4.78, 5) is 4.40. The van der Waals surface area contributed by atoms with Crippen LogP contribution >= 0.6 is 0 Å². The van der Waals surface area contributed by atoms with E-state index < -0.39 is 6.10 Å². The highest BCUT2D eigenvalue weighted by atomic mass is 16.5. The second-order valence-corrected chi connectivity index (χ2v) is 5.61. The molecule has 2 aromatic rings. The van der Waals surface area contributed by atoms with Gasteiger partial charge in [0.25, 0.3) is 0 Å². The number of benzene rings is 1. The maximum Gasteiger partial charge on any atom is 0.138 e. The minimum Gasteiger partial charge on any atom is -0.384 e. The monoisotopic (exact) mass is 286 g/mol. The molecule has 1 aliphatic heterocycles. The number of rotatable bonds is 4. The molecule has 2 heterocycles. The van der Waals surface area contributed by atoms with Crippen molar-refractivity contribution in [3.05, 3.63) is 54.1 Å². The molecule has 1 fully saturated rings. The molecule has 0 bridgehead atoms. The maximum absolute atomic E-state index is 11.1. The fraction of sp³-hybridized carbons (Fsp3) is 0.471. The van der Waals surface area contributed by atoms with Crippen LogP contribution in [0.5, 0.6) is 0 Å². The summed E-state index contributed by atoms with van der Waals surface area (Å²) < 4.78 is 7.55. The first-order chi connectivity index (χ1) is 10.3. The molecule has 0 aliphatic carbocycles. The first-order valence-electron chi connectivity index (χ1n) is 7.60. The predicted octanol–water partition coefficient (Wildman–Crippen LogP) is 2.68. The van der Waals surface area contributed by atoms with Gasteiger partial charge in [-0.05, 0) is 25.3 Å². The van der Waals surface area contributed by atoms with Crippen LogP contribution in [0.2, 0.25) is 0 Å². The standard InChI is InChI=1S/C17H22N2O2/c1-2-19-11-10-18-16(19)15(20)17(8-12-21-13-9-17)14-6-4-3-5-7-14/h3-7,10-11,15,20H,2,8-9,12-13H2,1H3. The van der Waals surface area contributed by atoms with Gasteiger partial charge in [0, 0.05) is 37.6 Å². The van der Waals surface area contributed by atoms with Gasteiger partial charge in [-0.25, -0.2) is 4.98 Å². The Hall–Kier alpha value is -1.65. The highest BCUT2D eigenvalue weighted by molar-refractivity contribution is 5.29. The molecule has 1 saturated heterocycles. The Morgan fingerprint density at radius 3 is 2.67 bits per heavy atom. The third kappa shape index (κ3) is 2.49. The van der Waals surface area contributed by atoms with E-state index in [-0.39, 0.29) is 5.41 Å². The Bertz CT molecular complexity index is 573. The van der Waals surface area contributed by atoms with E-state index >= 15 is 0 Å². The number of ether oxygens (including phenoxy) is 1. The lowest BCUT2D eigenvalue weighted by Gasteiger charge is -2.41. The molecule has 1 aromatic heterocycles. The van der Waals surface area contributed by atoms with Crippen LogP contribution in [0.25, 0.3) is 0 Å². The van der Waals surface area contributed by atoms with Gasteiger partial charge in [0.1, 0.15) is 11.9 Å². The fourth-order valence-corrected chi connectivity index (χ4v) is 3.31. The summed E-state index contributed by atoms with van der Waals surface area (Å²) in [5.74, 6) is 0.753. The van der Waals surface area contributed by atoms with Crippen molar-refractivity contribution in [1.82, 2.24) is 9.55 Å². The molecule has 1 unspecified atom stereocenters. The second kappa shape index (κ2) is 6.00. The molecule has 1 N–H and O–H groups in total. The van der Waals surface area contributed by atoms with Crippen molar-refractivity contribution in [2.45, 2.75) is 37.8 Å².